The maximum absolute atomic E-state index is 11.4. The molecule has 0 unspecified atom stereocenters. The van der Waals surface area contributed by atoms with Gasteiger partial charge in [0, 0.05) is 52.9 Å². The topological polar surface area (TPSA) is 77.0 Å². The van der Waals surface area contributed by atoms with E-state index in [1.807, 2.05) is 6.07 Å². The summed E-state index contributed by atoms with van der Waals surface area (Å²) in [6, 6.07) is 10.5. The van der Waals surface area contributed by atoms with Crippen LogP contribution in [0.2, 0.25) is 0 Å². The molecule has 0 amide bonds. The minimum atomic E-state index is -3.14. The number of hydrogen-bond acceptors (Lipinski definition) is 4. The second kappa shape index (κ2) is 11.7. The van der Waals surface area contributed by atoms with Crippen LogP contribution in [0.15, 0.2) is 35.3 Å². The Balaban J connectivity index is 0.00000338. The van der Waals surface area contributed by atoms with Crippen molar-refractivity contribution in [1.82, 2.24) is 19.8 Å². The normalized spacial score (nSPS) is 16.2. The van der Waals surface area contributed by atoms with Crippen LogP contribution < -0.4 is 10.0 Å². The van der Waals surface area contributed by atoms with Crippen molar-refractivity contribution >= 4 is 40.0 Å². The molecule has 1 aromatic rings. The first-order chi connectivity index (χ1) is 12.0. The van der Waals surface area contributed by atoms with E-state index in [9.17, 15) is 8.42 Å². The fraction of sp³-hybridized carbons (Fsp3) is 0.588. The molecule has 0 radical (unpaired) electrons. The van der Waals surface area contributed by atoms with Crippen molar-refractivity contribution in [3.63, 3.8) is 0 Å². The van der Waals surface area contributed by atoms with Gasteiger partial charge < -0.3 is 10.2 Å². The number of rotatable bonds is 7. The SMILES string of the molecule is CCS(=O)(=O)NCCNC(=NC)N1CCN(Cc2ccccc2)CC1.I. The Morgan fingerprint density at radius 2 is 1.77 bits per heavy atom. The van der Waals surface area contributed by atoms with E-state index in [0.717, 1.165) is 38.7 Å². The summed E-state index contributed by atoms with van der Waals surface area (Å²) in [5, 5.41) is 3.23. The van der Waals surface area contributed by atoms with E-state index in [1.54, 1.807) is 14.0 Å². The van der Waals surface area contributed by atoms with E-state index in [1.165, 1.54) is 5.56 Å². The summed E-state index contributed by atoms with van der Waals surface area (Å²) in [5.41, 5.74) is 1.33. The molecule has 0 aliphatic carbocycles. The van der Waals surface area contributed by atoms with Crippen molar-refractivity contribution in [3.05, 3.63) is 35.9 Å². The number of halogens is 1. The van der Waals surface area contributed by atoms with Crippen molar-refractivity contribution in [3.8, 4) is 0 Å². The number of aliphatic imine (C=N–C) groups is 1. The van der Waals surface area contributed by atoms with E-state index >= 15 is 0 Å². The third-order valence-corrected chi connectivity index (χ3v) is 5.65. The highest BCUT2D eigenvalue weighted by Gasteiger charge is 2.19. The van der Waals surface area contributed by atoms with Gasteiger partial charge in [0.05, 0.1) is 5.75 Å². The summed E-state index contributed by atoms with van der Waals surface area (Å²) >= 11 is 0. The largest absolute Gasteiger partial charge is 0.355 e. The smallest absolute Gasteiger partial charge is 0.211 e. The van der Waals surface area contributed by atoms with Crippen molar-refractivity contribution < 1.29 is 8.42 Å². The zero-order valence-electron chi connectivity index (χ0n) is 15.5. The zero-order chi connectivity index (χ0) is 18.1. The number of guanidine groups is 1. The molecule has 1 saturated heterocycles. The van der Waals surface area contributed by atoms with Crippen molar-refractivity contribution in [2.24, 2.45) is 4.99 Å². The van der Waals surface area contributed by atoms with Crippen LogP contribution in [0, 0.1) is 0 Å². The second-order valence-corrected chi connectivity index (χ2v) is 8.12. The molecule has 1 aromatic carbocycles. The van der Waals surface area contributed by atoms with Crippen LogP contribution in [0.5, 0.6) is 0 Å². The molecule has 0 aromatic heterocycles. The lowest BCUT2D eigenvalue weighted by molar-refractivity contribution is 0.172. The summed E-state index contributed by atoms with van der Waals surface area (Å²) in [6.45, 7) is 7.28. The molecule has 7 nitrogen and oxygen atoms in total. The molecule has 0 spiro atoms. The van der Waals surface area contributed by atoms with Gasteiger partial charge in [0.25, 0.3) is 0 Å². The van der Waals surface area contributed by atoms with Crippen molar-refractivity contribution in [2.75, 3.05) is 52.1 Å². The van der Waals surface area contributed by atoms with Gasteiger partial charge in [-0.3, -0.25) is 9.89 Å². The molecular weight excluding hydrogens is 465 g/mol. The maximum atomic E-state index is 11.4. The Kier molecular flexibility index (Phi) is 10.4. The Hall–Kier alpha value is -0.910. The number of nitrogens with zero attached hydrogens (tertiary/aromatic N) is 3. The molecular formula is C17H30IN5O2S. The molecule has 1 aliphatic heterocycles. The molecule has 1 aliphatic rings. The molecule has 148 valence electrons. The van der Waals surface area contributed by atoms with Gasteiger partial charge in [-0.25, -0.2) is 13.1 Å². The number of nitrogens with one attached hydrogen (secondary N) is 2. The highest BCUT2D eigenvalue weighted by atomic mass is 127. The van der Waals surface area contributed by atoms with Gasteiger partial charge in [0.1, 0.15) is 0 Å². The molecule has 2 rings (SSSR count). The van der Waals surface area contributed by atoms with Crippen LogP contribution in [0.1, 0.15) is 12.5 Å². The first-order valence-corrected chi connectivity index (χ1v) is 10.4. The summed E-state index contributed by atoms with van der Waals surface area (Å²) in [7, 11) is -1.38. The first-order valence-electron chi connectivity index (χ1n) is 8.73. The highest BCUT2D eigenvalue weighted by molar-refractivity contribution is 14.0. The average Bonchev–Trinajstić information content (AvgIpc) is 2.64. The van der Waals surface area contributed by atoms with E-state index in [2.05, 4.69) is 49.1 Å². The Morgan fingerprint density at radius 3 is 2.35 bits per heavy atom. The minimum Gasteiger partial charge on any atom is -0.355 e. The number of sulfonamides is 1. The highest BCUT2D eigenvalue weighted by Crippen LogP contribution is 2.08. The number of hydrogen-bond donors (Lipinski definition) is 2. The molecule has 0 atom stereocenters. The van der Waals surface area contributed by atoms with E-state index < -0.39 is 10.0 Å². The van der Waals surface area contributed by atoms with Crippen LogP contribution in [0.4, 0.5) is 0 Å². The van der Waals surface area contributed by atoms with E-state index in [-0.39, 0.29) is 29.7 Å². The van der Waals surface area contributed by atoms with Crippen LogP contribution in [-0.2, 0) is 16.6 Å². The van der Waals surface area contributed by atoms with Gasteiger partial charge in [-0.2, -0.15) is 0 Å². The zero-order valence-corrected chi connectivity index (χ0v) is 18.7. The van der Waals surface area contributed by atoms with E-state index in [0.29, 0.717) is 13.1 Å². The lowest BCUT2D eigenvalue weighted by Gasteiger charge is -2.36. The standard InChI is InChI=1S/C17H29N5O2S.HI/c1-3-25(23,24)20-10-9-19-17(18-2)22-13-11-21(12-14-22)15-16-7-5-4-6-8-16;/h4-8,20H,3,9-15H2,1-2H3,(H,18,19);1H. The molecule has 0 saturated carbocycles. The first kappa shape index (κ1) is 23.1. The third kappa shape index (κ3) is 7.77. The van der Waals surface area contributed by atoms with Gasteiger partial charge >= 0.3 is 0 Å². The van der Waals surface area contributed by atoms with Gasteiger partial charge in [0.2, 0.25) is 10.0 Å². The van der Waals surface area contributed by atoms with Crippen molar-refractivity contribution in [2.45, 2.75) is 13.5 Å². The molecule has 9 heteroatoms. The predicted molar refractivity (Wildman–Crippen MR) is 118 cm³/mol. The summed E-state index contributed by atoms with van der Waals surface area (Å²) < 4.78 is 25.4. The lowest BCUT2D eigenvalue weighted by Crippen LogP contribution is -2.53. The number of benzene rings is 1. The van der Waals surface area contributed by atoms with Crippen molar-refractivity contribution in [1.29, 1.82) is 0 Å². The Labute approximate surface area is 174 Å². The molecule has 1 fully saturated rings. The van der Waals surface area contributed by atoms with Crippen LogP contribution in [0.3, 0.4) is 0 Å². The molecule has 1 heterocycles. The van der Waals surface area contributed by atoms with Gasteiger partial charge in [0.15, 0.2) is 5.96 Å². The molecule has 26 heavy (non-hydrogen) atoms. The fourth-order valence-electron chi connectivity index (χ4n) is 2.77. The van der Waals surface area contributed by atoms with Gasteiger partial charge in [-0.1, -0.05) is 30.3 Å². The maximum Gasteiger partial charge on any atom is 0.211 e. The van der Waals surface area contributed by atoms with Gasteiger partial charge in [-0.05, 0) is 12.5 Å². The average molecular weight is 495 g/mol. The molecule has 2 N–H and O–H groups in total. The predicted octanol–water partition coefficient (Wildman–Crippen LogP) is 0.937. The summed E-state index contributed by atoms with van der Waals surface area (Å²) in [6.07, 6.45) is 0. The van der Waals surface area contributed by atoms with Crippen LogP contribution in [-0.4, -0.2) is 76.2 Å². The third-order valence-electron chi connectivity index (χ3n) is 4.24. The fourth-order valence-corrected chi connectivity index (χ4v) is 3.39. The molecule has 0 bridgehead atoms. The monoisotopic (exact) mass is 495 g/mol. The summed E-state index contributed by atoms with van der Waals surface area (Å²) in [5.74, 6) is 0.931. The lowest BCUT2D eigenvalue weighted by atomic mass is 10.2. The Morgan fingerprint density at radius 1 is 1.12 bits per heavy atom. The second-order valence-electron chi connectivity index (χ2n) is 6.02. The quantitative estimate of drug-likeness (QED) is 0.255. The number of piperazine rings is 1. The Bertz CT molecular complexity index is 646. The summed E-state index contributed by atoms with van der Waals surface area (Å²) in [4.78, 5) is 8.97. The minimum absolute atomic E-state index is 0. The van der Waals surface area contributed by atoms with Gasteiger partial charge in [-0.15, -0.1) is 24.0 Å². The van der Waals surface area contributed by atoms with E-state index in [4.69, 9.17) is 0 Å². The van der Waals surface area contributed by atoms with Crippen LogP contribution >= 0.6 is 24.0 Å². The van der Waals surface area contributed by atoms with Crippen LogP contribution in [0.25, 0.3) is 0 Å².